The Hall–Kier alpha value is -2.60. The fraction of sp³-hybridized carbons (Fsp3) is 0.278. The number of H-pyrrole nitrogens is 1. The minimum atomic E-state index is 0.0124. The molecule has 1 aliphatic rings. The molecule has 0 radical (unpaired) electrons. The standard InChI is InChI=1S/C18H18ClN5O/c19-16-3-4-17(23-22-16)24-9-6-12(7-10-24)18(25)21-14-1-2-15-13(11-14)5-8-20-15/h1-5,8,11-12,20H,6-7,9-10H2,(H,21,25). The van der Waals surface area contributed by atoms with E-state index in [0.717, 1.165) is 48.3 Å². The molecule has 1 aliphatic heterocycles. The van der Waals surface area contributed by atoms with Crippen LogP contribution >= 0.6 is 11.6 Å². The van der Waals surface area contributed by atoms with Crippen LogP contribution in [-0.4, -0.2) is 34.2 Å². The van der Waals surface area contributed by atoms with Crippen molar-refractivity contribution in [1.82, 2.24) is 15.2 Å². The number of halogens is 1. The van der Waals surface area contributed by atoms with Crippen LogP contribution in [0.4, 0.5) is 11.5 Å². The van der Waals surface area contributed by atoms with Crippen LogP contribution in [0.25, 0.3) is 10.9 Å². The molecular weight excluding hydrogens is 338 g/mol. The Morgan fingerprint density at radius 3 is 2.76 bits per heavy atom. The normalized spacial score (nSPS) is 15.5. The summed E-state index contributed by atoms with van der Waals surface area (Å²) in [6.45, 7) is 1.57. The third kappa shape index (κ3) is 3.44. The highest BCUT2D eigenvalue weighted by Crippen LogP contribution is 2.24. The number of benzene rings is 1. The number of amides is 1. The van der Waals surface area contributed by atoms with Gasteiger partial charge in [-0.25, -0.2) is 0 Å². The lowest BCUT2D eigenvalue weighted by Gasteiger charge is -2.31. The molecule has 128 valence electrons. The van der Waals surface area contributed by atoms with E-state index in [-0.39, 0.29) is 11.8 Å². The molecule has 0 saturated carbocycles. The molecule has 1 amide bonds. The zero-order valence-electron chi connectivity index (χ0n) is 13.6. The summed E-state index contributed by atoms with van der Waals surface area (Å²) >= 11 is 5.77. The first-order valence-corrected chi connectivity index (χ1v) is 8.69. The van der Waals surface area contributed by atoms with E-state index in [0.29, 0.717) is 5.15 Å². The molecule has 2 aromatic heterocycles. The number of nitrogens with zero attached hydrogens (tertiary/aromatic N) is 3. The summed E-state index contributed by atoms with van der Waals surface area (Å²) in [5, 5.41) is 12.5. The number of piperidine rings is 1. The van der Waals surface area contributed by atoms with E-state index in [9.17, 15) is 4.79 Å². The summed E-state index contributed by atoms with van der Waals surface area (Å²) in [6, 6.07) is 11.5. The molecule has 6 nitrogen and oxygen atoms in total. The molecule has 1 fully saturated rings. The number of aromatic nitrogens is 3. The van der Waals surface area contributed by atoms with Gasteiger partial charge in [-0.1, -0.05) is 11.6 Å². The van der Waals surface area contributed by atoms with Crippen LogP contribution in [0.2, 0.25) is 5.15 Å². The van der Waals surface area contributed by atoms with Crippen molar-refractivity contribution in [1.29, 1.82) is 0 Å². The molecule has 25 heavy (non-hydrogen) atoms. The molecule has 2 N–H and O–H groups in total. The Bertz CT molecular complexity index is 884. The van der Waals surface area contributed by atoms with Gasteiger partial charge in [-0.05, 0) is 49.2 Å². The second-order valence-corrected chi connectivity index (χ2v) is 6.63. The maximum absolute atomic E-state index is 12.5. The summed E-state index contributed by atoms with van der Waals surface area (Å²) in [5.41, 5.74) is 1.90. The Kier molecular flexibility index (Phi) is 4.28. The van der Waals surface area contributed by atoms with Crippen LogP contribution in [0.3, 0.4) is 0 Å². The van der Waals surface area contributed by atoms with Gasteiger partial charge in [0.1, 0.15) is 0 Å². The fourth-order valence-corrected chi connectivity index (χ4v) is 3.32. The number of carbonyl (C=O) groups excluding carboxylic acids is 1. The quantitative estimate of drug-likeness (QED) is 0.754. The van der Waals surface area contributed by atoms with Crippen molar-refractivity contribution in [3.05, 3.63) is 47.7 Å². The van der Waals surface area contributed by atoms with Crippen molar-refractivity contribution >= 4 is 39.9 Å². The first-order valence-electron chi connectivity index (χ1n) is 8.31. The van der Waals surface area contributed by atoms with Crippen LogP contribution < -0.4 is 10.2 Å². The number of aromatic amines is 1. The molecule has 3 aromatic rings. The van der Waals surface area contributed by atoms with E-state index in [1.165, 1.54) is 0 Å². The summed E-state index contributed by atoms with van der Waals surface area (Å²) in [4.78, 5) is 17.8. The lowest BCUT2D eigenvalue weighted by atomic mass is 9.95. The Labute approximate surface area is 150 Å². The monoisotopic (exact) mass is 355 g/mol. The zero-order valence-corrected chi connectivity index (χ0v) is 14.3. The van der Waals surface area contributed by atoms with E-state index in [1.807, 2.05) is 36.5 Å². The van der Waals surface area contributed by atoms with Gasteiger partial charge in [0.2, 0.25) is 5.91 Å². The topological polar surface area (TPSA) is 73.9 Å². The van der Waals surface area contributed by atoms with Crippen molar-refractivity contribution in [2.75, 3.05) is 23.3 Å². The van der Waals surface area contributed by atoms with E-state index in [2.05, 4.69) is 25.4 Å². The second kappa shape index (κ2) is 6.72. The van der Waals surface area contributed by atoms with E-state index in [1.54, 1.807) is 6.07 Å². The first-order chi connectivity index (χ1) is 12.2. The van der Waals surface area contributed by atoms with Gasteiger partial charge in [-0.2, -0.15) is 0 Å². The summed E-state index contributed by atoms with van der Waals surface area (Å²) in [6.07, 6.45) is 3.48. The van der Waals surface area contributed by atoms with Gasteiger partial charge in [-0.15, -0.1) is 10.2 Å². The molecule has 0 atom stereocenters. The summed E-state index contributed by atoms with van der Waals surface area (Å²) in [5.74, 6) is 0.899. The predicted molar refractivity (Wildman–Crippen MR) is 98.9 cm³/mol. The highest BCUT2D eigenvalue weighted by molar-refractivity contribution is 6.29. The van der Waals surface area contributed by atoms with Crippen LogP contribution in [0.1, 0.15) is 12.8 Å². The average molecular weight is 356 g/mol. The van der Waals surface area contributed by atoms with Gasteiger partial charge in [0.25, 0.3) is 0 Å². The highest BCUT2D eigenvalue weighted by atomic mass is 35.5. The largest absolute Gasteiger partial charge is 0.361 e. The third-order valence-electron chi connectivity index (χ3n) is 4.63. The van der Waals surface area contributed by atoms with Crippen molar-refractivity contribution in [3.8, 4) is 0 Å². The minimum Gasteiger partial charge on any atom is -0.361 e. The van der Waals surface area contributed by atoms with Crippen LogP contribution in [0, 0.1) is 5.92 Å². The highest BCUT2D eigenvalue weighted by Gasteiger charge is 2.25. The van der Waals surface area contributed by atoms with E-state index < -0.39 is 0 Å². The summed E-state index contributed by atoms with van der Waals surface area (Å²) < 4.78 is 0. The fourth-order valence-electron chi connectivity index (χ4n) is 3.22. The molecule has 0 unspecified atom stereocenters. The number of carbonyl (C=O) groups is 1. The Morgan fingerprint density at radius 1 is 1.16 bits per heavy atom. The van der Waals surface area contributed by atoms with Gasteiger partial charge < -0.3 is 15.2 Å². The molecule has 0 spiro atoms. The van der Waals surface area contributed by atoms with Gasteiger partial charge in [0, 0.05) is 41.8 Å². The molecule has 3 heterocycles. The molecule has 4 rings (SSSR count). The number of rotatable bonds is 3. The summed E-state index contributed by atoms with van der Waals surface area (Å²) in [7, 11) is 0. The number of hydrogen-bond acceptors (Lipinski definition) is 4. The first kappa shape index (κ1) is 15.9. The lowest BCUT2D eigenvalue weighted by Crippen LogP contribution is -2.38. The van der Waals surface area contributed by atoms with Crippen LogP contribution in [-0.2, 0) is 4.79 Å². The van der Waals surface area contributed by atoms with Gasteiger partial charge in [0.15, 0.2) is 11.0 Å². The molecule has 0 bridgehead atoms. The van der Waals surface area contributed by atoms with Crippen molar-refractivity contribution in [3.63, 3.8) is 0 Å². The minimum absolute atomic E-state index is 0.0124. The molecule has 0 aliphatic carbocycles. The van der Waals surface area contributed by atoms with E-state index >= 15 is 0 Å². The average Bonchev–Trinajstić information content (AvgIpc) is 3.10. The second-order valence-electron chi connectivity index (χ2n) is 6.24. The van der Waals surface area contributed by atoms with Crippen LogP contribution in [0.5, 0.6) is 0 Å². The van der Waals surface area contributed by atoms with Crippen molar-refractivity contribution < 1.29 is 4.79 Å². The molecule has 1 saturated heterocycles. The molecule has 7 heteroatoms. The third-order valence-corrected chi connectivity index (χ3v) is 4.83. The zero-order chi connectivity index (χ0) is 17.2. The predicted octanol–water partition coefficient (Wildman–Crippen LogP) is 3.47. The number of anilines is 2. The van der Waals surface area contributed by atoms with Gasteiger partial charge in [0.05, 0.1) is 0 Å². The van der Waals surface area contributed by atoms with Crippen LogP contribution in [0.15, 0.2) is 42.6 Å². The maximum Gasteiger partial charge on any atom is 0.227 e. The molecule has 1 aromatic carbocycles. The number of hydrogen-bond donors (Lipinski definition) is 2. The lowest BCUT2D eigenvalue weighted by molar-refractivity contribution is -0.120. The van der Waals surface area contributed by atoms with Gasteiger partial charge in [-0.3, -0.25) is 4.79 Å². The van der Waals surface area contributed by atoms with Crippen molar-refractivity contribution in [2.45, 2.75) is 12.8 Å². The number of nitrogens with one attached hydrogen (secondary N) is 2. The molecular formula is C18H18ClN5O. The Morgan fingerprint density at radius 2 is 2.00 bits per heavy atom. The smallest absolute Gasteiger partial charge is 0.227 e. The van der Waals surface area contributed by atoms with Crippen molar-refractivity contribution in [2.24, 2.45) is 5.92 Å². The number of fused-ring (bicyclic) bond motifs is 1. The Balaban J connectivity index is 1.36. The SMILES string of the molecule is O=C(Nc1ccc2[nH]ccc2c1)C1CCN(c2ccc(Cl)nn2)CC1. The maximum atomic E-state index is 12.5. The van der Waals surface area contributed by atoms with E-state index in [4.69, 9.17) is 11.6 Å². The van der Waals surface area contributed by atoms with Gasteiger partial charge >= 0.3 is 0 Å².